The molecule has 2 saturated carbocycles. The van der Waals surface area contributed by atoms with Gasteiger partial charge in [0, 0.05) is 25.0 Å². The van der Waals surface area contributed by atoms with Gasteiger partial charge < -0.3 is 0 Å². The zero-order valence-electron chi connectivity index (χ0n) is 24.0. The van der Waals surface area contributed by atoms with Crippen molar-refractivity contribution in [2.45, 2.75) is 111 Å². The van der Waals surface area contributed by atoms with Crippen molar-refractivity contribution in [3.05, 3.63) is 43.3 Å². The van der Waals surface area contributed by atoms with Crippen LogP contribution < -0.4 is 0 Å². The lowest BCUT2D eigenvalue weighted by molar-refractivity contribution is 0.0759. The fourth-order valence-electron chi connectivity index (χ4n) is 9.66. The van der Waals surface area contributed by atoms with E-state index in [1.807, 2.05) is 0 Å². The first-order valence-electron chi connectivity index (χ1n) is 14.9. The van der Waals surface area contributed by atoms with Gasteiger partial charge in [0.15, 0.2) is 0 Å². The lowest BCUT2D eigenvalue weighted by Gasteiger charge is -2.47. The van der Waals surface area contributed by atoms with Gasteiger partial charge in [0.2, 0.25) is 0 Å². The summed E-state index contributed by atoms with van der Waals surface area (Å²) in [6.45, 7) is 20.2. The number of hydrogen-bond acceptors (Lipinski definition) is 2. The highest BCUT2D eigenvalue weighted by Crippen LogP contribution is 2.63. The molecule has 4 atom stereocenters. The minimum Gasteiger partial charge on any atom is -0.145 e. The maximum atomic E-state index is 2.85. The summed E-state index contributed by atoms with van der Waals surface area (Å²) in [6, 6.07) is 5.00. The molecule has 3 heteroatoms. The van der Waals surface area contributed by atoms with Crippen molar-refractivity contribution >= 4 is 30.7 Å². The van der Waals surface area contributed by atoms with Crippen LogP contribution in [0.5, 0.6) is 0 Å². The van der Waals surface area contributed by atoms with Crippen molar-refractivity contribution in [2.24, 2.45) is 35.0 Å². The Morgan fingerprint density at radius 3 is 1.89 bits per heavy atom. The van der Waals surface area contributed by atoms with Crippen molar-refractivity contribution in [3.63, 3.8) is 0 Å². The molecule has 0 spiro atoms. The zero-order chi connectivity index (χ0) is 25.6. The second kappa shape index (κ2) is 8.95. The normalized spacial score (nSPS) is 32.8. The third kappa shape index (κ3) is 4.01. The van der Waals surface area contributed by atoms with E-state index in [0.717, 1.165) is 35.1 Å². The Morgan fingerprint density at radius 1 is 0.778 bits per heavy atom. The number of rotatable bonds is 3. The highest BCUT2D eigenvalue weighted by atomic mass is 32.1. The summed E-state index contributed by atoms with van der Waals surface area (Å²) in [4.78, 5) is 6.47. The van der Waals surface area contributed by atoms with Crippen LogP contribution in [-0.4, -0.2) is 8.07 Å². The first kappa shape index (κ1) is 25.6. The Morgan fingerprint density at radius 2 is 1.33 bits per heavy atom. The van der Waals surface area contributed by atoms with Gasteiger partial charge in [-0.25, -0.2) is 0 Å². The summed E-state index contributed by atoms with van der Waals surface area (Å²) in [7, 11) is -1.65. The van der Waals surface area contributed by atoms with Crippen molar-refractivity contribution < 1.29 is 0 Å². The fraction of sp³-hybridized carbons (Fsp3) is 0.697. The van der Waals surface area contributed by atoms with Crippen molar-refractivity contribution in [1.29, 1.82) is 0 Å². The molecule has 196 valence electrons. The molecule has 0 N–H and O–H groups in total. The van der Waals surface area contributed by atoms with Gasteiger partial charge in [-0.2, -0.15) is 0 Å². The van der Waals surface area contributed by atoms with Gasteiger partial charge in [0.05, 0.1) is 8.07 Å². The Hall–Kier alpha value is -0.643. The van der Waals surface area contributed by atoms with Crippen LogP contribution in [0.1, 0.15) is 97.7 Å². The molecule has 2 aromatic heterocycles. The summed E-state index contributed by atoms with van der Waals surface area (Å²) >= 11 is 4.23. The van der Waals surface area contributed by atoms with Crippen molar-refractivity contribution in [2.75, 3.05) is 0 Å². The van der Waals surface area contributed by atoms with E-state index in [-0.39, 0.29) is 0 Å². The predicted molar refractivity (Wildman–Crippen MR) is 163 cm³/mol. The maximum absolute atomic E-state index is 2.85. The van der Waals surface area contributed by atoms with Gasteiger partial charge in [-0.1, -0.05) is 51.9 Å². The molecule has 4 unspecified atom stereocenters. The minimum atomic E-state index is -1.65. The molecule has 36 heavy (non-hydrogen) atoms. The van der Waals surface area contributed by atoms with E-state index in [1.165, 1.54) is 54.7 Å². The average molecular weight is 537 g/mol. The lowest BCUT2D eigenvalue weighted by Crippen LogP contribution is -2.45. The molecule has 2 heterocycles. The van der Waals surface area contributed by atoms with Crippen LogP contribution in [0.3, 0.4) is 0 Å². The highest BCUT2D eigenvalue weighted by Gasteiger charge is 2.55. The molecule has 0 amide bonds. The van der Waals surface area contributed by atoms with Crippen LogP contribution >= 0.6 is 22.7 Å². The number of allylic oxidation sites excluding steroid dienone is 2. The molecule has 4 aliphatic rings. The summed E-state index contributed by atoms with van der Waals surface area (Å²) in [5, 5.41) is 0. The summed E-state index contributed by atoms with van der Waals surface area (Å²) in [5.41, 5.74) is 7.02. The molecule has 0 aromatic carbocycles. The third-order valence-corrected chi connectivity index (χ3v) is 18.4. The van der Waals surface area contributed by atoms with Gasteiger partial charge in [0.1, 0.15) is 0 Å². The van der Waals surface area contributed by atoms with Crippen LogP contribution in [0.25, 0.3) is 11.1 Å². The number of aryl methyl sites for hydroxylation is 2. The standard InChI is InChI=1S/C33H48S2Si/c1-19-16-26-24(22-12-14-23(15-13-22)33(4,5)6)10-9-11-25(26)31(19)36(7,8)32-29-27(17-20(2)34-29)28-18-21(3)35-30(28)32/h16-18,22-26,31-32H,9-15H2,1-8H3. The maximum Gasteiger partial charge on any atom is 0.0699 e. The van der Waals surface area contributed by atoms with Crippen LogP contribution in [0.4, 0.5) is 0 Å². The Kier molecular flexibility index (Phi) is 6.37. The van der Waals surface area contributed by atoms with Gasteiger partial charge in [-0.15, -0.1) is 22.7 Å². The predicted octanol–water partition coefficient (Wildman–Crippen LogP) is 11.0. The number of thiophene rings is 2. The topological polar surface area (TPSA) is 0 Å². The van der Waals surface area contributed by atoms with Crippen molar-refractivity contribution in [1.82, 2.24) is 0 Å². The van der Waals surface area contributed by atoms with E-state index in [1.54, 1.807) is 26.5 Å². The molecule has 0 nitrogen and oxygen atoms in total. The Labute approximate surface area is 230 Å². The second-order valence-corrected chi connectivity index (χ2v) is 22.1. The second-order valence-electron chi connectivity index (χ2n) is 14.7. The van der Waals surface area contributed by atoms with Gasteiger partial charge >= 0.3 is 0 Å². The monoisotopic (exact) mass is 536 g/mol. The van der Waals surface area contributed by atoms with E-state index in [9.17, 15) is 0 Å². The van der Waals surface area contributed by atoms with Gasteiger partial charge in [0.25, 0.3) is 0 Å². The zero-order valence-corrected chi connectivity index (χ0v) is 26.7. The summed E-state index contributed by atoms with van der Waals surface area (Å²) in [5.74, 6) is 4.65. The molecule has 0 bridgehead atoms. The van der Waals surface area contributed by atoms with Gasteiger partial charge in [-0.05, 0) is 123 Å². The van der Waals surface area contributed by atoms with Crippen LogP contribution in [0.2, 0.25) is 18.6 Å². The lowest BCUT2D eigenvalue weighted by atomic mass is 9.61. The van der Waals surface area contributed by atoms with Crippen molar-refractivity contribution in [3.8, 4) is 11.1 Å². The quantitative estimate of drug-likeness (QED) is 0.270. The molecule has 6 rings (SSSR count). The van der Waals surface area contributed by atoms with Crippen LogP contribution in [0.15, 0.2) is 23.8 Å². The van der Waals surface area contributed by atoms with E-state index in [4.69, 9.17) is 0 Å². The van der Waals surface area contributed by atoms with Gasteiger partial charge in [-0.3, -0.25) is 0 Å². The first-order valence-corrected chi connectivity index (χ1v) is 19.6. The van der Waals surface area contributed by atoms with E-state index in [0.29, 0.717) is 11.0 Å². The molecular weight excluding hydrogens is 489 g/mol. The molecular formula is C33H48S2Si. The molecule has 0 radical (unpaired) electrons. The van der Waals surface area contributed by atoms with E-state index < -0.39 is 8.07 Å². The van der Waals surface area contributed by atoms with E-state index in [2.05, 4.69) is 95.5 Å². The Balaban J connectivity index is 1.28. The highest BCUT2D eigenvalue weighted by molar-refractivity contribution is 7.16. The molecule has 0 aliphatic heterocycles. The SMILES string of the molecule is CC1=CC2C(C3CCC(C(C)(C)C)CC3)CCCC2C1[Si](C)(C)C1c2sc(C)cc2-c2cc(C)sc21. The molecule has 2 aromatic rings. The van der Waals surface area contributed by atoms with E-state index >= 15 is 0 Å². The average Bonchev–Trinajstić information content (AvgIpc) is 3.51. The minimum absolute atomic E-state index is 0.490. The molecule has 4 aliphatic carbocycles. The summed E-state index contributed by atoms with van der Waals surface area (Å²) in [6.07, 6.45) is 13.2. The van der Waals surface area contributed by atoms with Crippen LogP contribution in [-0.2, 0) is 0 Å². The molecule has 0 saturated heterocycles. The first-order chi connectivity index (χ1) is 17.0. The number of fused-ring (bicyclic) bond motifs is 4. The third-order valence-electron chi connectivity index (χ3n) is 11.2. The molecule has 2 fully saturated rings. The smallest absolute Gasteiger partial charge is 0.0699 e. The number of hydrogen-bond donors (Lipinski definition) is 0. The Bertz CT molecular complexity index is 1120. The summed E-state index contributed by atoms with van der Waals surface area (Å²) < 4.78 is 0. The van der Waals surface area contributed by atoms with Crippen LogP contribution in [0, 0.1) is 48.9 Å². The fourth-order valence-corrected chi connectivity index (χ4v) is 18.8. The largest absolute Gasteiger partial charge is 0.145 e.